The summed E-state index contributed by atoms with van der Waals surface area (Å²) in [7, 11) is 0. The predicted molar refractivity (Wildman–Crippen MR) is 92.4 cm³/mol. The summed E-state index contributed by atoms with van der Waals surface area (Å²) >= 11 is 6.84. The van der Waals surface area contributed by atoms with Crippen molar-refractivity contribution in [3.05, 3.63) is 85.2 Å². The Bertz CT molecular complexity index is 886. The average Bonchev–Trinajstić information content (AvgIpc) is 2.54. The number of ether oxygens (including phenoxy) is 1. The molecule has 0 saturated carbocycles. The van der Waals surface area contributed by atoms with Crippen LogP contribution in [0, 0.1) is 0 Å². The van der Waals surface area contributed by atoms with E-state index in [0.29, 0.717) is 22.3 Å². The Hall–Kier alpha value is -2.37. The van der Waals surface area contributed by atoms with E-state index >= 15 is 0 Å². The summed E-state index contributed by atoms with van der Waals surface area (Å²) < 4.78 is 5.70. The second kappa shape index (κ2) is 6.81. The molecule has 0 spiro atoms. The number of rotatable bonds is 4. The molecule has 2 aromatic carbocycles. The van der Waals surface area contributed by atoms with Crippen LogP contribution < -0.4 is 15.2 Å². The fraction of sp³-hybridized carbons (Fsp3) is 0.0588. The van der Waals surface area contributed by atoms with Crippen LogP contribution in [0.15, 0.2) is 64.2 Å². The van der Waals surface area contributed by atoms with Crippen LogP contribution in [0.4, 0.5) is 0 Å². The molecule has 116 valence electrons. The van der Waals surface area contributed by atoms with Crippen LogP contribution in [0.5, 0.6) is 5.75 Å². The third-order valence-electron chi connectivity index (χ3n) is 3.15. The number of hydrogen-bond acceptors (Lipinski definition) is 4. The molecule has 3 aromatic rings. The summed E-state index contributed by atoms with van der Waals surface area (Å²) in [5.74, 6) is 0.709. The molecule has 0 aliphatic carbocycles. The van der Waals surface area contributed by atoms with Crippen molar-refractivity contribution < 1.29 is 4.74 Å². The number of halogens is 1. The van der Waals surface area contributed by atoms with E-state index in [1.165, 1.54) is 6.07 Å². The largest absolute Gasteiger partial charge is 0.489 e. The van der Waals surface area contributed by atoms with Gasteiger partial charge in [-0.1, -0.05) is 35.1 Å². The van der Waals surface area contributed by atoms with Gasteiger partial charge >= 0.3 is 4.87 Å². The summed E-state index contributed by atoms with van der Waals surface area (Å²) in [5, 5.41) is 0.690. The summed E-state index contributed by atoms with van der Waals surface area (Å²) in [6.07, 6.45) is 0. The van der Waals surface area contributed by atoms with Crippen LogP contribution in [0.1, 0.15) is 5.56 Å². The third kappa shape index (κ3) is 4.09. The quantitative estimate of drug-likeness (QED) is 0.784. The Morgan fingerprint density at radius 1 is 1.00 bits per heavy atom. The van der Waals surface area contributed by atoms with E-state index in [2.05, 4.69) is 4.98 Å². The van der Waals surface area contributed by atoms with Crippen molar-refractivity contribution in [1.82, 2.24) is 4.98 Å². The first-order valence-electron chi connectivity index (χ1n) is 6.82. The van der Waals surface area contributed by atoms with E-state index in [9.17, 15) is 9.59 Å². The number of hydrogen-bond donors (Lipinski definition) is 1. The standard InChI is InChI=1S/C17H12ClNO3S/c18-13-5-1-11(2-6-13)10-22-14-7-3-12(4-8-14)15-9-16(20)19-17(21)23-15/h1-9H,10H2,(H,19,20,21). The minimum absolute atomic E-state index is 0.365. The van der Waals surface area contributed by atoms with E-state index in [1.807, 2.05) is 48.5 Å². The van der Waals surface area contributed by atoms with Crippen molar-refractivity contribution in [3.63, 3.8) is 0 Å². The first kappa shape index (κ1) is 15.5. The van der Waals surface area contributed by atoms with Gasteiger partial charge in [0.05, 0.1) is 0 Å². The minimum Gasteiger partial charge on any atom is -0.489 e. The highest BCUT2D eigenvalue weighted by Crippen LogP contribution is 2.23. The molecule has 1 N–H and O–H groups in total. The molecule has 0 atom stereocenters. The van der Waals surface area contributed by atoms with Gasteiger partial charge in [0.15, 0.2) is 0 Å². The van der Waals surface area contributed by atoms with Crippen molar-refractivity contribution in [1.29, 1.82) is 0 Å². The molecule has 1 heterocycles. The van der Waals surface area contributed by atoms with Crippen LogP contribution in [0.2, 0.25) is 5.02 Å². The molecule has 23 heavy (non-hydrogen) atoms. The van der Waals surface area contributed by atoms with Crippen LogP contribution in [-0.2, 0) is 6.61 Å². The lowest BCUT2D eigenvalue weighted by Crippen LogP contribution is -2.14. The van der Waals surface area contributed by atoms with Gasteiger partial charge in [-0.2, -0.15) is 0 Å². The Morgan fingerprint density at radius 3 is 2.35 bits per heavy atom. The smallest absolute Gasteiger partial charge is 0.307 e. The van der Waals surface area contributed by atoms with Gasteiger partial charge in [-0.3, -0.25) is 14.6 Å². The van der Waals surface area contributed by atoms with E-state index in [0.717, 1.165) is 22.5 Å². The number of aromatic amines is 1. The van der Waals surface area contributed by atoms with Gasteiger partial charge in [0.1, 0.15) is 12.4 Å². The van der Waals surface area contributed by atoms with Gasteiger partial charge in [0, 0.05) is 16.0 Å². The topological polar surface area (TPSA) is 59.2 Å². The van der Waals surface area contributed by atoms with Crippen LogP contribution in [0.25, 0.3) is 10.4 Å². The zero-order valence-corrected chi connectivity index (χ0v) is 13.5. The van der Waals surface area contributed by atoms with Crippen molar-refractivity contribution in [2.45, 2.75) is 6.61 Å². The maximum absolute atomic E-state index is 11.4. The molecule has 0 aliphatic heterocycles. The zero-order chi connectivity index (χ0) is 16.2. The third-order valence-corrected chi connectivity index (χ3v) is 4.26. The van der Waals surface area contributed by atoms with E-state index in [1.54, 1.807) is 0 Å². The molecule has 0 saturated heterocycles. The second-order valence-corrected chi connectivity index (χ2v) is 6.28. The van der Waals surface area contributed by atoms with Gasteiger partial charge in [-0.15, -0.1) is 0 Å². The van der Waals surface area contributed by atoms with Crippen molar-refractivity contribution in [2.75, 3.05) is 0 Å². The molecule has 0 unspecified atom stereocenters. The van der Waals surface area contributed by atoms with Crippen molar-refractivity contribution >= 4 is 22.9 Å². The number of nitrogens with one attached hydrogen (secondary N) is 1. The Kier molecular flexibility index (Phi) is 4.60. The Labute approximate surface area is 141 Å². The van der Waals surface area contributed by atoms with E-state index in [4.69, 9.17) is 16.3 Å². The van der Waals surface area contributed by atoms with Crippen LogP contribution in [-0.4, -0.2) is 4.98 Å². The lowest BCUT2D eigenvalue weighted by molar-refractivity contribution is 0.306. The average molecular weight is 346 g/mol. The molecule has 0 amide bonds. The number of benzene rings is 2. The van der Waals surface area contributed by atoms with E-state index < -0.39 is 5.56 Å². The second-order valence-electron chi connectivity index (χ2n) is 4.83. The highest BCUT2D eigenvalue weighted by Gasteiger charge is 2.03. The molecule has 0 radical (unpaired) electrons. The molecular formula is C17H12ClNO3S. The number of aromatic nitrogens is 1. The van der Waals surface area contributed by atoms with Crippen LogP contribution in [0.3, 0.4) is 0 Å². The van der Waals surface area contributed by atoms with Crippen molar-refractivity contribution in [3.8, 4) is 16.2 Å². The molecule has 3 rings (SSSR count). The molecule has 0 bridgehead atoms. The Morgan fingerprint density at radius 2 is 1.70 bits per heavy atom. The normalized spacial score (nSPS) is 10.5. The SMILES string of the molecule is O=c1cc(-c2ccc(OCc3ccc(Cl)cc3)cc2)sc(=O)[nH]1. The summed E-state index contributed by atoms with van der Waals surface area (Å²) in [4.78, 5) is 25.2. The minimum atomic E-state index is -0.396. The first-order chi connectivity index (χ1) is 11.1. The highest BCUT2D eigenvalue weighted by molar-refractivity contribution is 7.12. The summed E-state index contributed by atoms with van der Waals surface area (Å²) in [5.41, 5.74) is 1.43. The zero-order valence-electron chi connectivity index (χ0n) is 11.9. The van der Waals surface area contributed by atoms with Gasteiger partial charge < -0.3 is 4.74 Å². The van der Waals surface area contributed by atoms with Gasteiger partial charge in [-0.25, -0.2) is 0 Å². The fourth-order valence-corrected chi connectivity index (χ4v) is 2.91. The lowest BCUT2D eigenvalue weighted by Gasteiger charge is -2.07. The number of H-pyrrole nitrogens is 1. The molecule has 0 fully saturated rings. The van der Waals surface area contributed by atoms with E-state index in [-0.39, 0.29) is 4.87 Å². The van der Waals surface area contributed by atoms with Gasteiger partial charge in [0.2, 0.25) is 0 Å². The first-order valence-corrected chi connectivity index (χ1v) is 8.02. The van der Waals surface area contributed by atoms with Crippen molar-refractivity contribution in [2.24, 2.45) is 0 Å². The maximum atomic E-state index is 11.4. The summed E-state index contributed by atoms with van der Waals surface area (Å²) in [6, 6.07) is 16.1. The van der Waals surface area contributed by atoms with Gasteiger partial charge in [0.25, 0.3) is 5.56 Å². The van der Waals surface area contributed by atoms with Crippen LogP contribution >= 0.6 is 22.9 Å². The molecule has 6 heteroatoms. The monoisotopic (exact) mass is 345 g/mol. The molecule has 4 nitrogen and oxygen atoms in total. The molecule has 1 aromatic heterocycles. The summed E-state index contributed by atoms with van der Waals surface area (Å²) in [6.45, 7) is 0.439. The maximum Gasteiger partial charge on any atom is 0.307 e. The Balaban J connectivity index is 1.73. The highest BCUT2D eigenvalue weighted by atomic mass is 35.5. The van der Waals surface area contributed by atoms with Gasteiger partial charge in [-0.05, 0) is 47.5 Å². The predicted octanol–water partition coefficient (Wildman–Crippen LogP) is 3.70. The molecule has 0 aliphatic rings. The lowest BCUT2D eigenvalue weighted by atomic mass is 10.2. The molecular weight excluding hydrogens is 334 g/mol. The fourth-order valence-electron chi connectivity index (χ4n) is 2.02.